The standard InChI is InChI=1S/C14H14N2O3/c1-9(17)16-14-8-11(5-6-15-14)10-3-4-12(18)13(7-10)19-2/h3-8,18H,1-2H3,(H,15,16,17). The Morgan fingerprint density at radius 3 is 2.68 bits per heavy atom. The Kier molecular flexibility index (Phi) is 3.66. The number of methoxy groups -OCH3 is 1. The predicted octanol–water partition coefficient (Wildman–Crippen LogP) is 2.42. The number of amides is 1. The van der Waals surface area contributed by atoms with Crippen molar-refractivity contribution < 1.29 is 14.6 Å². The molecule has 5 heteroatoms. The fourth-order valence-corrected chi connectivity index (χ4v) is 1.72. The van der Waals surface area contributed by atoms with E-state index in [-0.39, 0.29) is 11.7 Å². The van der Waals surface area contributed by atoms with Gasteiger partial charge in [0.05, 0.1) is 7.11 Å². The predicted molar refractivity (Wildman–Crippen MR) is 72.2 cm³/mol. The number of nitrogens with zero attached hydrogens (tertiary/aromatic N) is 1. The van der Waals surface area contributed by atoms with Crippen molar-refractivity contribution in [2.75, 3.05) is 12.4 Å². The summed E-state index contributed by atoms with van der Waals surface area (Å²) in [6, 6.07) is 8.63. The zero-order chi connectivity index (χ0) is 13.8. The van der Waals surface area contributed by atoms with Gasteiger partial charge in [0.1, 0.15) is 5.82 Å². The van der Waals surface area contributed by atoms with Gasteiger partial charge in [-0.15, -0.1) is 0 Å². The topological polar surface area (TPSA) is 71.5 Å². The van der Waals surface area contributed by atoms with Crippen LogP contribution < -0.4 is 10.1 Å². The fourth-order valence-electron chi connectivity index (χ4n) is 1.72. The number of ether oxygens (including phenoxy) is 1. The number of phenols is 1. The number of hydrogen-bond acceptors (Lipinski definition) is 4. The molecular formula is C14H14N2O3. The van der Waals surface area contributed by atoms with Crippen molar-refractivity contribution in [1.82, 2.24) is 4.98 Å². The molecule has 19 heavy (non-hydrogen) atoms. The van der Waals surface area contributed by atoms with Gasteiger partial charge in [-0.2, -0.15) is 0 Å². The molecule has 0 fully saturated rings. The van der Waals surface area contributed by atoms with Gasteiger partial charge in [-0.1, -0.05) is 6.07 Å². The van der Waals surface area contributed by atoms with E-state index in [1.54, 1.807) is 30.5 Å². The number of nitrogens with one attached hydrogen (secondary N) is 1. The van der Waals surface area contributed by atoms with Crippen LogP contribution in [0.3, 0.4) is 0 Å². The van der Waals surface area contributed by atoms with Crippen molar-refractivity contribution >= 4 is 11.7 Å². The van der Waals surface area contributed by atoms with Crippen LogP contribution in [0.5, 0.6) is 11.5 Å². The van der Waals surface area contributed by atoms with Crippen LogP contribution in [0.15, 0.2) is 36.5 Å². The Morgan fingerprint density at radius 1 is 1.26 bits per heavy atom. The summed E-state index contributed by atoms with van der Waals surface area (Å²) < 4.78 is 5.07. The summed E-state index contributed by atoms with van der Waals surface area (Å²) in [5.41, 5.74) is 1.74. The summed E-state index contributed by atoms with van der Waals surface area (Å²) in [6.45, 7) is 1.43. The lowest BCUT2D eigenvalue weighted by Gasteiger charge is -2.08. The highest BCUT2D eigenvalue weighted by atomic mass is 16.5. The van der Waals surface area contributed by atoms with Gasteiger partial charge < -0.3 is 15.2 Å². The minimum absolute atomic E-state index is 0.0855. The highest BCUT2D eigenvalue weighted by Gasteiger charge is 2.06. The van der Waals surface area contributed by atoms with E-state index in [0.717, 1.165) is 11.1 Å². The average molecular weight is 258 g/mol. The highest BCUT2D eigenvalue weighted by Crippen LogP contribution is 2.31. The number of anilines is 1. The zero-order valence-electron chi connectivity index (χ0n) is 10.7. The maximum absolute atomic E-state index is 11.0. The van der Waals surface area contributed by atoms with Crippen LogP contribution in [0.1, 0.15) is 6.92 Å². The molecule has 0 radical (unpaired) electrons. The van der Waals surface area contributed by atoms with Crippen LogP contribution in [-0.4, -0.2) is 23.1 Å². The normalized spacial score (nSPS) is 10.0. The van der Waals surface area contributed by atoms with Gasteiger partial charge in [0.2, 0.25) is 5.91 Å². The van der Waals surface area contributed by atoms with Crippen LogP contribution >= 0.6 is 0 Å². The van der Waals surface area contributed by atoms with Gasteiger partial charge >= 0.3 is 0 Å². The molecule has 1 amide bonds. The Balaban J connectivity index is 2.38. The second kappa shape index (κ2) is 5.39. The quantitative estimate of drug-likeness (QED) is 0.886. The van der Waals surface area contributed by atoms with Crippen molar-refractivity contribution in [2.45, 2.75) is 6.92 Å². The number of aromatic hydroxyl groups is 1. The maximum Gasteiger partial charge on any atom is 0.222 e. The molecule has 0 spiro atoms. The molecule has 5 nitrogen and oxygen atoms in total. The van der Waals surface area contributed by atoms with Crippen LogP contribution in [0.4, 0.5) is 5.82 Å². The molecule has 2 aromatic rings. The SMILES string of the molecule is COc1cc(-c2ccnc(NC(C)=O)c2)ccc1O. The molecular weight excluding hydrogens is 244 g/mol. The third-order valence-electron chi connectivity index (χ3n) is 2.58. The first-order chi connectivity index (χ1) is 9.10. The van der Waals surface area contributed by atoms with E-state index in [9.17, 15) is 9.90 Å². The van der Waals surface area contributed by atoms with Crippen LogP contribution in [-0.2, 0) is 4.79 Å². The molecule has 0 aliphatic heterocycles. The molecule has 1 aromatic carbocycles. The number of carbonyl (C=O) groups is 1. The van der Waals surface area contributed by atoms with Crippen LogP contribution in [0.2, 0.25) is 0 Å². The molecule has 98 valence electrons. The zero-order valence-corrected chi connectivity index (χ0v) is 10.7. The van der Waals surface area contributed by atoms with Gasteiger partial charge in [0.15, 0.2) is 11.5 Å². The van der Waals surface area contributed by atoms with E-state index in [1.165, 1.54) is 14.0 Å². The van der Waals surface area contributed by atoms with Crippen LogP contribution in [0.25, 0.3) is 11.1 Å². The summed E-state index contributed by atoms with van der Waals surface area (Å²) in [6.07, 6.45) is 1.61. The fraction of sp³-hybridized carbons (Fsp3) is 0.143. The van der Waals surface area contributed by atoms with E-state index in [0.29, 0.717) is 11.6 Å². The molecule has 1 heterocycles. The second-order valence-corrected chi connectivity index (χ2v) is 4.00. The van der Waals surface area contributed by atoms with Crippen LogP contribution in [0, 0.1) is 0 Å². The summed E-state index contributed by atoms with van der Waals surface area (Å²) in [4.78, 5) is 15.1. The molecule has 2 N–H and O–H groups in total. The molecule has 0 bridgehead atoms. The lowest BCUT2D eigenvalue weighted by Crippen LogP contribution is -2.07. The monoisotopic (exact) mass is 258 g/mol. The van der Waals surface area contributed by atoms with Crippen molar-refractivity contribution in [3.63, 3.8) is 0 Å². The summed E-state index contributed by atoms with van der Waals surface area (Å²) in [7, 11) is 1.49. The van der Waals surface area contributed by atoms with Crippen molar-refractivity contribution in [3.8, 4) is 22.6 Å². The van der Waals surface area contributed by atoms with Gasteiger partial charge in [-0.05, 0) is 35.4 Å². The van der Waals surface area contributed by atoms with E-state index in [1.807, 2.05) is 6.07 Å². The van der Waals surface area contributed by atoms with E-state index >= 15 is 0 Å². The molecule has 0 unspecified atom stereocenters. The van der Waals surface area contributed by atoms with E-state index < -0.39 is 0 Å². The highest BCUT2D eigenvalue weighted by molar-refractivity contribution is 5.88. The van der Waals surface area contributed by atoms with Gasteiger partial charge in [-0.3, -0.25) is 4.79 Å². The Labute approximate surface area is 110 Å². The Hall–Kier alpha value is -2.56. The Morgan fingerprint density at radius 2 is 2.00 bits per heavy atom. The molecule has 0 saturated carbocycles. The summed E-state index contributed by atoms with van der Waals surface area (Å²) in [5.74, 6) is 0.794. The van der Waals surface area contributed by atoms with Gasteiger partial charge in [0.25, 0.3) is 0 Å². The molecule has 0 saturated heterocycles. The molecule has 1 aromatic heterocycles. The van der Waals surface area contributed by atoms with Crippen molar-refractivity contribution in [3.05, 3.63) is 36.5 Å². The molecule has 0 aliphatic rings. The number of benzene rings is 1. The maximum atomic E-state index is 11.0. The van der Waals surface area contributed by atoms with Crippen molar-refractivity contribution in [2.24, 2.45) is 0 Å². The van der Waals surface area contributed by atoms with Gasteiger partial charge in [0, 0.05) is 13.1 Å². The smallest absolute Gasteiger partial charge is 0.222 e. The lowest BCUT2D eigenvalue weighted by atomic mass is 10.1. The molecule has 0 atom stereocenters. The largest absolute Gasteiger partial charge is 0.504 e. The number of aromatic nitrogens is 1. The minimum atomic E-state index is -0.173. The first-order valence-corrected chi connectivity index (χ1v) is 5.71. The third kappa shape index (κ3) is 3.01. The van der Waals surface area contributed by atoms with E-state index in [2.05, 4.69) is 10.3 Å². The Bertz CT molecular complexity index is 611. The number of pyridine rings is 1. The van der Waals surface area contributed by atoms with Gasteiger partial charge in [-0.25, -0.2) is 4.98 Å². The summed E-state index contributed by atoms with van der Waals surface area (Å²) in [5, 5.41) is 12.2. The second-order valence-electron chi connectivity index (χ2n) is 4.00. The number of phenolic OH excluding ortho intramolecular Hbond substituents is 1. The first kappa shape index (κ1) is 12.9. The minimum Gasteiger partial charge on any atom is -0.504 e. The first-order valence-electron chi connectivity index (χ1n) is 5.71. The number of rotatable bonds is 3. The lowest BCUT2D eigenvalue weighted by molar-refractivity contribution is -0.114. The molecule has 2 rings (SSSR count). The third-order valence-corrected chi connectivity index (χ3v) is 2.58. The average Bonchev–Trinajstić information content (AvgIpc) is 2.39. The molecule has 0 aliphatic carbocycles. The summed E-state index contributed by atoms with van der Waals surface area (Å²) >= 11 is 0. The number of carbonyl (C=O) groups excluding carboxylic acids is 1. The number of hydrogen-bond donors (Lipinski definition) is 2. The van der Waals surface area contributed by atoms with Crippen molar-refractivity contribution in [1.29, 1.82) is 0 Å². The van der Waals surface area contributed by atoms with E-state index in [4.69, 9.17) is 4.74 Å².